The summed E-state index contributed by atoms with van der Waals surface area (Å²) in [5, 5.41) is 9.94. The molecule has 1 aromatic heterocycles. The van der Waals surface area contributed by atoms with E-state index in [1.807, 2.05) is 13.0 Å². The molecule has 4 rings (SSSR count). The Balaban J connectivity index is 1.42. The van der Waals surface area contributed by atoms with Crippen molar-refractivity contribution in [3.05, 3.63) is 65.0 Å². The van der Waals surface area contributed by atoms with Gasteiger partial charge in [-0.15, -0.1) is 0 Å². The number of hydrogen-bond donors (Lipinski definition) is 2. The molecule has 1 saturated carbocycles. The van der Waals surface area contributed by atoms with Crippen LogP contribution in [0.3, 0.4) is 0 Å². The standard InChI is InChI=1S/C21H19F3N4O2/c1-12-2-3-14(20(29)26-16-8-9-16)10-17(12)25-11-18-27-19(28-30-18)13-4-6-15(7-5-13)21(22,23)24/h2-7,10,16,25H,8-9,11H2,1H3,(H,26,29). The number of hydrogen-bond acceptors (Lipinski definition) is 5. The fraction of sp³-hybridized carbons (Fsp3) is 0.286. The largest absolute Gasteiger partial charge is 0.416 e. The zero-order valence-corrected chi connectivity index (χ0v) is 16.1. The molecule has 1 aliphatic rings. The van der Waals surface area contributed by atoms with E-state index in [1.165, 1.54) is 12.1 Å². The van der Waals surface area contributed by atoms with Gasteiger partial charge in [0.15, 0.2) is 0 Å². The van der Waals surface area contributed by atoms with E-state index in [0.717, 1.165) is 36.2 Å². The predicted molar refractivity (Wildman–Crippen MR) is 104 cm³/mol. The molecule has 0 bridgehead atoms. The first-order chi connectivity index (χ1) is 14.3. The lowest BCUT2D eigenvalue weighted by atomic mass is 10.1. The SMILES string of the molecule is Cc1ccc(C(=O)NC2CC2)cc1NCc1nc(-c2ccc(C(F)(F)F)cc2)no1. The third-order valence-electron chi connectivity index (χ3n) is 4.78. The number of rotatable bonds is 6. The Morgan fingerprint density at radius 2 is 1.90 bits per heavy atom. The Morgan fingerprint density at radius 3 is 2.57 bits per heavy atom. The van der Waals surface area contributed by atoms with Crippen LogP contribution in [-0.4, -0.2) is 22.1 Å². The van der Waals surface area contributed by atoms with E-state index in [9.17, 15) is 18.0 Å². The van der Waals surface area contributed by atoms with Crippen LogP contribution < -0.4 is 10.6 Å². The van der Waals surface area contributed by atoms with Crippen LogP contribution in [0.5, 0.6) is 0 Å². The molecule has 1 fully saturated rings. The first-order valence-corrected chi connectivity index (χ1v) is 9.45. The summed E-state index contributed by atoms with van der Waals surface area (Å²) in [6, 6.07) is 10.2. The highest BCUT2D eigenvalue weighted by Crippen LogP contribution is 2.30. The van der Waals surface area contributed by atoms with Crippen molar-refractivity contribution in [3.63, 3.8) is 0 Å². The lowest BCUT2D eigenvalue weighted by Gasteiger charge is -2.10. The summed E-state index contributed by atoms with van der Waals surface area (Å²) in [4.78, 5) is 16.5. The minimum Gasteiger partial charge on any atom is -0.376 e. The molecule has 1 aliphatic carbocycles. The first kappa shape index (κ1) is 19.9. The van der Waals surface area contributed by atoms with Gasteiger partial charge in [0.2, 0.25) is 11.7 Å². The van der Waals surface area contributed by atoms with Gasteiger partial charge < -0.3 is 15.2 Å². The highest BCUT2D eigenvalue weighted by molar-refractivity contribution is 5.95. The zero-order valence-electron chi connectivity index (χ0n) is 16.1. The topological polar surface area (TPSA) is 80.0 Å². The summed E-state index contributed by atoms with van der Waals surface area (Å²) in [6.45, 7) is 2.12. The number of aryl methyl sites for hydroxylation is 1. The molecule has 3 aromatic rings. The summed E-state index contributed by atoms with van der Waals surface area (Å²) in [7, 11) is 0. The molecule has 0 radical (unpaired) electrons. The van der Waals surface area contributed by atoms with Gasteiger partial charge in [0.25, 0.3) is 5.91 Å². The molecule has 1 heterocycles. The van der Waals surface area contributed by atoms with Crippen molar-refractivity contribution < 1.29 is 22.5 Å². The van der Waals surface area contributed by atoms with Gasteiger partial charge in [-0.3, -0.25) is 4.79 Å². The highest BCUT2D eigenvalue weighted by atomic mass is 19.4. The first-order valence-electron chi connectivity index (χ1n) is 9.45. The Labute approximate surface area is 170 Å². The van der Waals surface area contributed by atoms with E-state index in [4.69, 9.17) is 4.52 Å². The van der Waals surface area contributed by atoms with Gasteiger partial charge in [0.1, 0.15) is 0 Å². The van der Waals surface area contributed by atoms with Crippen molar-refractivity contribution in [2.75, 3.05) is 5.32 Å². The number of anilines is 1. The number of halogens is 3. The third kappa shape index (κ3) is 4.61. The smallest absolute Gasteiger partial charge is 0.376 e. The van der Waals surface area contributed by atoms with Gasteiger partial charge in [0.05, 0.1) is 12.1 Å². The van der Waals surface area contributed by atoms with E-state index in [2.05, 4.69) is 20.8 Å². The maximum atomic E-state index is 12.7. The minimum atomic E-state index is -4.40. The van der Waals surface area contributed by atoms with Gasteiger partial charge in [0, 0.05) is 22.9 Å². The Kier molecular flexibility index (Phi) is 5.19. The fourth-order valence-corrected chi connectivity index (χ4v) is 2.87. The monoisotopic (exact) mass is 416 g/mol. The summed E-state index contributed by atoms with van der Waals surface area (Å²) in [6.07, 6.45) is -2.37. The molecule has 0 spiro atoms. The average molecular weight is 416 g/mol. The van der Waals surface area contributed by atoms with Crippen LogP contribution in [0.2, 0.25) is 0 Å². The number of carbonyl (C=O) groups is 1. The van der Waals surface area contributed by atoms with Gasteiger partial charge in [-0.2, -0.15) is 18.2 Å². The summed E-state index contributed by atoms with van der Waals surface area (Å²) in [5.74, 6) is 0.370. The van der Waals surface area contributed by atoms with Crippen molar-refractivity contribution in [2.24, 2.45) is 0 Å². The molecule has 30 heavy (non-hydrogen) atoms. The number of nitrogens with one attached hydrogen (secondary N) is 2. The third-order valence-corrected chi connectivity index (χ3v) is 4.78. The molecule has 1 amide bonds. The second-order valence-corrected chi connectivity index (χ2v) is 7.22. The van der Waals surface area contributed by atoms with Crippen LogP contribution in [0, 0.1) is 6.92 Å². The Morgan fingerprint density at radius 1 is 1.17 bits per heavy atom. The number of nitrogens with zero attached hydrogens (tertiary/aromatic N) is 2. The van der Waals surface area contributed by atoms with Crippen LogP contribution in [0.1, 0.15) is 40.2 Å². The van der Waals surface area contributed by atoms with E-state index in [0.29, 0.717) is 11.1 Å². The average Bonchev–Trinajstić information content (AvgIpc) is 3.40. The summed E-state index contributed by atoms with van der Waals surface area (Å²) < 4.78 is 43.2. The molecule has 6 nitrogen and oxygen atoms in total. The van der Waals surface area contributed by atoms with Crippen LogP contribution >= 0.6 is 0 Å². The minimum absolute atomic E-state index is 0.108. The van der Waals surface area contributed by atoms with E-state index >= 15 is 0 Å². The molecular weight excluding hydrogens is 397 g/mol. The number of carbonyl (C=O) groups excluding carboxylic acids is 1. The van der Waals surface area contributed by atoms with Gasteiger partial charge in [-0.05, 0) is 49.6 Å². The molecule has 156 valence electrons. The highest BCUT2D eigenvalue weighted by Gasteiger charge is 2.30. The molecule has 9 heteroatoms. The zero-order chi connectivity index (χ0) is 21.3. The fourth-order valence-electron chi connectivity index (χ4n) is 2.87. The van der Waals surface area contributed by atoms with Crippen molar-refractivity contribution >= 4 is 11.6 Å². The number of amides is 1. The van der Waals surface area contributed by atoms with Gasteiger partial charge >= 0.3 is 6.18 Å². The number of benzene rings is 2. The molecule has 0 atom stereocenters. The molecule has 0 aliphatic heterocycles. The van der Waals surface area contributed by atoms with Gasteiger partial charge in [-0.1, -0.05) is 23.4 Å². The molecule has 2 N–H and O–H groups in total. The van der Waals surface area contributed by atoms with Crippen LogP contribution in [0.15, 0.2) is 47.0 Å². The predicted octanol–water partition coefficient (Wildman–Crippen LogP) is 4.57. The van der Waals surface area contributed by atoms with Crippen molar-refractivity contribution in [3.8, 4) is 11.4 Å². The van der Waals surface area contributed by atoms with Crippen molar-refractivity contribution in [1.82, 2.24) is 15.5 Å². The van der Waals surface area contributed by atoms with Crippen LogP contribution in [0.25, 0.3) is 11.4 Å². The molecular formula is C21H19F3N4O2. The lowest BCUT2D eigenvalue weighted by Crippen LogP contribution is -2.25. The van der Waals surface area contributed by atoms with E-state index < -0.39 is 11.7 Å². The second-order valence-electron chi connectivity index (χ2n) is 7.22. The molecule has 0 saturated heterocycles. The lowest BCUT2D eigenvalue weighted by molar-refractivity contribution is -0.137. The second kappa shape index (κ2) is 7.81. The Bertz CT molecular complexity index is 1060. The maximum Gasteiger partial charge on any atom is 0.416 e. The van der Waals surface area contributed by atoms with E-state index in [1.54, 1.807) is 12.1 Å². The maximum absolute atomic E-state index is 12.7. The van der Waals surface area contributed by atoms with Crippen LogP contribution in [-0.2, 0) is 12.7 Å². The van der Waals surface area contributed by atoms with E-state index in [-0.39, 0.29) is 30.2 Å². The van der Waals surface area contributed by atoms with Crippen LogP contribution in [0.4, 0.5) is 18.9 Å². The molecule has 0 unspecified atom stereocenters. The van der Waals surface area contributed by atoms with Gasteiger partial charge in [-0.25, -0.2) is 0 Å². The summed E-state index contributed by atoms with van der Waals surface area (Å²) in [5.41, 5.74) is 1.95. The number of alkyl halides is 3. The van der Waals surface area contributed by atoms with Crippen molar-refractivity contribution in [2.45, 2.75) is 38.5 Å². The van der Waals surface area contributed by atoms with Crippen molar-refractivity contribution in [1.29, 1.82) is 0 Å². The molecule has 2 aromatic carbocycles. The Hall–Kier alpha value is -3.36. The quantitative estimate of drug-likeness (QED) is 0.616. The number of aromatic nitrogens is 2. The normalized spacial score (nSPS) is 13.9. The summed E-state index contributed by atoms with van der Waals surface area (Å²) >= 11 is 0.